The van der Waals surface area contributed by atoms with Gasteiger partial charge in [-0.05, 0) is 17.5 Å². The molecule has 6 nitrogen and oxygen atoms in total. The Labute approximate surface area is 107 Å². The maximum atomic E-state index is 11.9. The van der Waals surface area contributed by atoms with Crippen LogP contribution in [0.15, 0.2) is 24.3 Å². The number of nitrogens with two attached hydrogens (primary N) is 1. The first kappa shape index (κ1) is 11.6. The molecule has 0 aromatic heterocycles. The highest BCUT2D eigenvalue weighted by Gasteiger charge is 2.33. The van der Waals surface area contributed by atoms with Gasteiger partial charge in [-0.15, -0.1) is 5.06 Å². The van der Waals surface area contributed by atoms with Crippen molar-refractivity contribution in [3.8, 4) is 5.75 Å². The second kappa shape index (κ2) is 3.78. The van der Waals surface area contributed by atoms with Gasteiger partial charge in [-0.1, -0.05) is 12.1 Å². The van der Waals surface area contributed by atoms with Gasteiger partial charge in [0.2, 0.25) is 0 Å². The van der Waals surface area contributed by atoms with Crippen molar-refractivity contribution in [2.75, 3.05) is 0 Å². The molecule has 2 amide bonds. The van der Waals surface area contributed by atoms with Crippen molar-refractivity contribution in [1.82, 2.24) is 5.06 Å². The van der Waals surface area contributed by atoms with Crippen LogP contribution in [0.4, 0.5) is 0 Å². The number of carbonyl (C=O) groups excluding carboxylic acids is 2. The molecule has 0 spiro atoms. The summed E-state index contributed by atoms with van der Waals surface area (Å²) in [6, 6.07) is 6.03. The minimum Gasteiger partial charge on any atom is -0.508 e. The molecular formula is C13H10N2O4. The topological polar surface area (TPSA) is 104 Å². The maximum Gasteiger partial charge on any atom is 0.285 e. The molecule has 0 unspecified atom stereocenters. The molecule has 0 saturated carbocycles. The van der Waals surface area contributed by atoms with Crippen LogP contribution in [0.3, 0.4) is 0 Å². The zero-order valence-corrected chi connectivity index (χ0v) is 9.75. The number of imide groups is 1. The zero-order chi connectivity index (χ0) is 13.7. The van der Waals surface area contributed by atoms with Crippen LogP contribution in [0.1, 0.15) is 26.3 Å². The molecule has 1 aliphatic rings. The first-order valence-corrected chi connectivity index (χ1v) is 5.61. The van der Waals surface area contributed by atoms with Crippen molar-refractivity contribution in [3.63, 3.8) is 0 Å². The van der Waals surface area contributed by atoms with Gasteiger partial charge in [0.05, 0.1) is 11.1 Å². The Hall–Kier alpha value is -2.44. The van der Waals surface area contributed by atoms with Gasteiger partial charge in [0.25, 0.3) is 11.8 Å². The standard InChI is InChI=1S/C13H10N2O4/c14-5-9-6-2-1-3-7-11(6)8(4-10(9)16)13(18)15(19)12(7)17/h1-4,16,19H,5,14H2. The molecule has 0 fully saturated rings. The summed E-state index contributed by atoms with van der Waals surface area (Å²) in [4.78, 5) is 23.7. The molecule has 2 aromatic carbocycles. The number of carbonyl (C=O) groups is 2. The maximum absolute atomic E-state index is 11.9. The van der Waals surface area contributed by atoms with Gasteiger partial charge >= 0.3 is 0 Å². The monoisotopic (exact) mass is 258 g/mol. The largest absolute Gasteiger partial charge is 0.508 e. The highest BCUT2D eigenvalue weighted by atomic mass is 16.5. The summed E-state index contributed by atoms with van der Waals surface area (Å²) in [6.07, 6.45) is 0. The van der Waals surface area contributed by atoms with Gasteiger partial charge in [-0.2, -0.15) is 0 Å². The van der Waals surface area contributed by atoms with Crippen LogP contribution in [-0.2, 0) is 6.54 Å². The third-order valence-electron chi connectivity index (χ3n) is 3.30. The lowest BCUT2D eigenvalue weighted by molar-refractivity contribution is -0.0377. The molecule has 3 rings (SSSR count). The molecule has 96 valence electrons. The fourth-order valence-corrected chi connectivity index (χ4v) is 2.41. The van der Waals surface area contributed by atoms with E-state index in [0.717, 1.165) is 0 Å². The van der Waals surface area contributed by atoms with E-state index in [1.165, 1.54) is 12.1 Å². The van der Waals surface area contributed by atoms with Gasteiger partial charge in [0.1, 0.15) is 5.75 Å². The highest BCUT2D eigenvalue weighted by Crippen LogP contribution is 2.35. The van der Waals surface area contributed by atoms with Crippen LogP contribution in [0, 0.1) is 0 Å². The summed E-state index contributed by atoms with van der Waals surface area (Å²) in [6.45, 7) is 0.0806. The molecule has 1 heterocycles. The first-order valence-electron chi connectivity index (χ1n) is 5.61. The van der Waals surface area contributed by atoms with Crippen molar-refractivity contribution < 1.29 is 19.9 Å². The Morgan fingerprint density at radius 3 is 2.53 bits per heavy atom. The van der Waals surface area contributed by atoms with Crippen LogP contribution in [-0.4, -0.2) is 27.2 Å². The van der Waals surface area contributed by atoms with E-state index < -0.39 is 11.8 Å². The number of hydrogen-bond donors (Lipinski definition) is 3. The van der Waals surface area contributed by atoms with Crippen molar-refractivity contribution in [2.45, 2.75) is 6.54 Å². The van der Waals surface area contributed by atoms with Gasteiger partial charge in [-0.3, -0.25) is 14.8 Å². The molecule has 0 aliphatic carbocycles. The number of benzene rings is 2. The number of aromatic hydroxyl groups is 1. The Morgan fingerprint density at radius 1 is 1.16 bits per heavy atom. The van der Waals surface area contributed by atoms with E-state index in [9.17, 15) is 19.9 Å². The lowest BCUT2D eigenvalue weighted by atomic mass is 9.91. The van der Waals surface area contributed by atoms with Crippen LogP contribution < -0.4 is 5.73 Å². The molecular weight excluding hydrogens is 248 g/mol. The van der Waals surface area contributed by atoms with Gasteiger partial charge in [-0.25, -0.2) is 0 Å². The molecule has 1 aliphatic heterocycles. The van der Waals surface area contributed by atoms with E-state index in [1.807, 2.05) is 0 Å². The number of hydrogen-bond acceptors (Lipinski definition) is 5. The molecule has 0 atom stereocenters. The van der Waals surface area contributed by atoms with E-state index in [1.54, 1.807) is 12.1 Å². The molecule has 0 radical (unpaired) electrons. The van der Waals surface area contributed by atoms with E-state index in [-0.39, 0.29) is 28.5 Å². The highest BCUT2D eigenvalue weighted by molar-refractivity contribution is 6.25. The second-order valence-corrected chi connectivity index (χ2v) is 4.28. The lowest BCUT2D eigenvalue weighted by Crippen LogP contribution is -2.37. The molecule has 2 aromatic rings. The quantitative estimate of drug-likeness (QED) is 0.522. The summed E-state index contributed by atoms with van der Waals surface area (Å²) in [5.41, 5.74) is 6.35. The number of phenols is 1. The number of rotatable bonds is 1. The summed E-state index contributed by atoms with van der Waals surface area (Å²) in [5.74, 6) is -1.76. The zero-order valence-electron chi connectivity index (χ0n) is 9.75. The lowest BCUT2D eigenvalue weighted by Gasteiger charge is -2.23. The van der Waals surface area contributed by atoms with E-state index in [4.69, 9.17) is 5.73 Å². The minimum atomic E-state index is -0.854. The van der Waals surface area contributed by atoms with Gasteiger partial charge in [0.15, 0.2) is 0 Å². The molecule has 0 bridgehead atoms. The summed E-state index contributed by atoms with van der Waals surface area (Å²) >= 11 is 0. The summed E-state index contributed by atoms with van der Waals surface area (Å²) in [7, 11) is 0. The average Bonchev–Trinajstić information content (AvgIpc) is 2.42. The summed E-state index contributed by atoms with van der Waals surface area (Å²) < 4.78 is 0. The summed E-state index contributed by atoms with van der Waals surface area (Å²) in [5, 5.41) is 20.4. The van der Waals surface area contributed by atoms with Crippen molar-refractivity contribution in [1.29, 1.82) is 0 Å². The van der Waals surface area contributed by atoms with E-state index >= 15 is 0 Å². The SMILES string of the molecule is NCc1c(O)cc2c3c(cccc13)C(=O)N(O)C2=O. The van der Waals surface area contributed by atoms with Crippen molar-refractivity contribution in [2.24, 2.45) is 5.73 Å². The normalized spacial score (nSPS) is 14.3. The molecule has 6 heteroatoms. The third-order valence-corrected chi connectivity index (χ3v) is 3.30. The fraction of sp³-hybridized carbons (Fsp3) is 0.0769. The Balaban J connectivity index is 2.53. The van der Waals surface area contributed by atoms with E-state index in [0.29, 0.717) is 16.3 Å². The predicted octanol–water partition coefficient (Wildman–Crippen LogP) is 0.989. The van der Waals surface area contributed by atoms with Crippen molar-refractivity contribution >= 4 is 22.6 Å². The van der Waals surface area contributed by atoms with Crippen molar-refractivity contribution in [3.05, 3.63) is 41.0 Å². The number of nitrogens with zero attached hydrogens (tertiary/aromatic N) is 1. The molecule has 19 heavy (non-hydrogen) atoms. The smallest absolute Gasteiger partial charge is 0.285 e. The number of hydroxylamine groups is 2. The van der Waals surface area contributed by atoms with E-state index in [2.05, 4.69) is 0 Å². The predicted molar refractivity (Wildman–Crippen MR) is 65.8 cm³/mol. The fourth-order valence-electron chi connectivity index (χ4n) is 2.41. The Kier molecular flexibility index (Phi) is 2.31. The second-order valence-electron chi connectivity index (χ2n) is 4.28. The van der Waals surface area contributed by atoms with Crippen LogP contribution >= 0.6 is 0 Å². The minimum absolute atomic E-state index is 0.0542. The Morgan fingerprint density at radius 2 is 1.84 bits per heavy atom. The number of phenolic OH excluding ortho intramolecular Hbond substituents is 1. The van der Waals surface area contributed by atoms with Gasteiger partial charge in [0, 0.05) is 17.5 Å². The number of amides is 2. The van der Waals surface area contributed by atoms with Crippen LogP contribution in [0.2, 0.25) is 0 Å². The molecule has 0 saturated heterocycles. The third kappa shape index (κ3) is 1.38. The van der Waals surface area contributed by atoms with Crippen LogP contribution in [0.25, 0.3) is 10.8 Å². The van der Waals surface area contributed by atoms with Crippen LogP contribution in [0.5, 0.6) is 5.75 Å². The molecule has 4 N–H and O–H groups in total. The average molecular weight is 258 g/mol. The first-order chi connectivity index (χ1) is 9.06. The Bertz CT molecular complexity index is 739. The van der Waals surface area contributed by atoms with Gasteiger partial charge < -0.3 is 10.8 Å².